The van der Waals surface area contributed by atoms with Gasteiger partial charge in [0.1, 0.15) is 11.6 Å². The normalized spacial score (nSPS) is 10.8. The molecule has 40 heavy (non-hydrogen) atoms. The lowest BCUT2D eigenvalue weighted by atomic mass is 10.0. The van der Waals surface area contributed by atoms with Gasteiger partial charge in [0.05, 0.1) is 45.0 Å². The average Bonchev–Trinajstić information content (AvgIpc) is 3.42. The number of imidazole rings is 1. The molecule has 0 spiro atoms. The Morgan fingerprint density at radius 2 is 1.68 bits per heavy atom. The van der Waals surface area contributed by atoms with Crippen LogP contribution in [-0.4, -0.2) is 54.4 Å². The van der Waals surface area contributed by atoms with E-state index >= 15 is 0 Å². The van der Waals surface area contributed by atoms with E-state index in [0.29, 0.717) is 51.1 Å². The van der Waals surface area contributed by atoms with Crippen LogP contribution in [0.2, 0.25) is 0 Å². The number of amides is 1. The number of methoxy groups -OCH3 is 4. The molecule has 0 saturated heterocycles. The molecule has 1 amide bonds. The third-order valence-electron chi connectivity index (χ3n) is 6.45. The van der Waals surface area contributed by atoms with E-state index in [9.17, 15) is 9.90 Å². The van der Waals surface area contributed by atoms with E-state index in [4.69, 9.17) is 18.9 Å². The Balaban J connectivity index is 1.39. The molecule has 2 aromatic heterocycles. The number of carbonyl (C=O) groups excluding carboxylic acids is 1. The first-order valence-corrected chi connectivity index (χ1v) is 12.3. The fourth-order valence-electron chi connectivity index (χ4n) is 4.47. The molecule has 10 heteroatoms. The van der Waals surface area contributed by atoms with Crippen LogP contribution in [-0.2, 0) is 6.54 Å². The van der Waals surface area contributed by atoms with Crippen molar-refractivity contribution in [1.29, 1.82) is 0 Å². The van der Waals surface area contributed by atoms with E-state index in [1.54, 1.807) is 70.0 Å². The first-order chi connectivity index (χ1) is 19.4. The summed E-state index contributed by atoms with van der Waals surface area (Å²) in [5.74, 6) is 2.24. The highest BCUT2D eigenvalue weighted by molar-refractivity contribution is 5.97. The number of fused-ring (bicyclic) bond motifs is 1. The summed E-state index contributed by atoms with van der Waals surface area (Å²) in [4.78, 5) is 25.1. The van der Waals surface area contributed by atoms with E-state index in [-0.39, 0.29) is 18.2 Å². The molecular formula is C30H28N4O6. The highest BCUT2D eigenvalue weighted by Crippen LogP contribution is 2.38. The van der Waals surface area contributed by atoms with Gasteiger partial charge in [-0.2, -0.15) is 0 Å². The zero-order chi connectivity index (χ0) is 28.2. The number of benzene rings is 3. The van der Waals surface area contributed by atoms with Crippen LogP contribution in [0, 0.1) is 0 Å². The number of phenolic OH excluding ortho intramolecular Hbond substituents is 1. The van der Waals surface area contributed by atoms with Gasteiger partial charge in [-0.1, -0.05) is 6.07 Å². The van der Waals surface area contributed by atoms with Gasteiger partial charge in [-0.3, -0.25) is 4.79 Å². The second-order valence-electron chi connectivity index (χ2n) is 8.83. The minimum absolute atomic E-state index is 0.0639. The summed E-state index contributed by atoms with van der Waals surface area (Å²) in [5, 5.41) is 13.5. The van der Waals surface area contributed by atoms with Crippen LogP contribution < -0.4 is 24.3 Å². The van der Waals surface area contributed by atoms with E-state index in [1.165, 1.54) is 7.11 Å². The SMILES string of the molecule is COc1cc(CNC(=O)c2ccc3nc(-c4cc(-c5cccnc5OC)ccc4O)[nH]c3c2)cc(OC)c1OC. The van der Waals surface area contributed by atoms with Gasteiger partial charge < -0.3 is 34.4 Å². The van der Waals surface area contributed by atoms with Crippen LogP contribution in [0.5, 0.6) is 28.9 Å². The van der Waals surface area contributed by atoms with Crippen molar-refractivity contribution in [3.8, 4) is 51.4 Å². The van der Waals surface area contributed by atoms with Crippen molar-refractivity contribution in [2.24, 2.45) is 0 Å². The number of H-pyrrole nitrogens is 1. The minimum atomic E-state index is -0.264. The number of hydrogen-bond donors (Lipinski definition) is 3. The first kappa shape index (κ1) is 26.4. The molecule has 0 fully saturated rings. The minimum Gasteiger partial charge on any atom is -0.507 e. The van der Waals surface area contributed by atoms with Gasteiger partial charge in [-0.25, -0.2) is 9.97 Å². The van der Waals surface area contributed by atoms with Crippen molar-refractivity contribution >= 4 is 16.9 Å². The monoisotopic (exact) mass is 540 g/mol. The van der Waals surface area contributed by atoms with Crippen LogP contribution in [0.4, 0.5) is 0 Å². The molecular weight excluding hydrogens is 512 g/mol. The van der Waals surface area contributed by atoms with E-state index in [1.807, 2.05) is 18.2 Å². The summed E-state index contributed by atoms with van der Waals surface area (Å²) in [5.41, 5.74) is 4.65. The number of hydrogen-bond acceptors (Lipinski definition) is 8. The van der Waals surface area contributed by atoms with Gasteiger partial charge >= 0.3 is 0 Å². The van der Waals surface area contributed by atoms with Crippen molar-refractivity contribution in [1.82, 2.24) is 20.3 Å². The topological polar surface area (TPSA) is 128 Å². The molecule has 0 atom stereocenters. The summed E-state index contributed by atoms with van der Waals surface area (Å²) in [6.45, 7) is 0.250. The predicted octanol–water partition coefficient (Wildman–Crippen LogP) is 4.96. The van der Waals surface area contributed by atoms with Crippen molar-refractivity contribution in [3.63, 3.8) is 0 Å². The maximum absolute atomic E-state index is 13.0. The lowest BCUT2D eigenvalue weighted by Crippen LogP contribution is -2.22. The molecule has 0 bridgehead atoms. The van der Waals surface area contributed by atoms with Crippen LogP contribution in [0.15, 0.2) is 66.9 Å². The van der Waals surface area contributed by atoms with Crippen LogP contribution in [0.25, 0.3) is 33.5 Å². The Kier molecular flexibility index (Phi) is 7.41. The van der Waals surface area contributed by atoms with E-state index in [0.717, 1.165) is 16.7 Å². The summed E-state index contributed by atoms with van der Waals surface area (Å²) in [7, 11) is 6.18. The molecule has 3 aromatic carbocycles. The molecule has 5 rings (SSSR count). The molecule has 2 heterocycles. The number of aromatic amines is 1. The van der Waals surface area contributed by atoms with Gasteiger partial charge in [0.25, 0.3) is 5.91 Å². The van der Waals surface area contributed by atoms with E-state index in [2.05, 4.69) is 20.3 Å². The Morgan fingerprint density at radius 3 is 2.38 bits per heavy atom. The maximum atomic E-state index is 13.0. The highest BCUT2D eigenvalue weighted by Gasteiger charge is 2.17. The molecule has 5 aromatic rings. The lowest BCUT2D eigenvalue weighted by Gasteiger charge is -2.14. The molecule has 3 N–H and O–H groups in total. The molecule has 0 aliphatic heterocycles. The van der Waals surface area contributed by atoms with Crippen molar-refractivity contribution in [2.75, 3.05) is 28.4 Å². The smallest absolute Gasteiger partial charge is 0.251 e. The summed E-state index contributed by atoms with van der Waals surface area (Å²) < 4.78 is 21.5. The van der Waals surface area contributed by atoms with Crippen molar-refractivity contribution < 1.29 is 28.8 Å². The van der Waals surface area contributed by atoms with Gasteiger partial charge in [0.15, 0.2) is 11.5 Å². The molecule has 10 nitrogen and oxygen atoms in total. The average molecular weight is 541 g/mol. The number of phenols is 1. The van der Waals surface area contributed by atoms with Crippen molar-refractivity contribution in [3.05, 3.63) is 78.0 Å². The lowest BCUT2D eigenvalue weighted by molar-refractivity contribution is 0.0951. The van der Waals surface area contributed by atoms with Gasteiger partial charge in [0, 0.05) is 23.9 Å². The molecule has 204 valence electrons. The van der Waals surface area contributed by atoms with Gasteiger partial charge in [-0.15, -0.1) is 0 Å². The molecule has 0 saturated carbocycles. The predicted molar refractivity (Wildman–Crippen MR) is 150 cm³/mol. The Morgan fingerprint density at radius 1 is 0.900 bits per heavy atom. The van der Waals surface area contributed by atoms with Crippen LogP contribution >= 0.6 is 0 Å². The highest BCUT2D eigenvalue weighted by atomic mass is 16.5. The second kappa shape index (κ2) is 11.2. The summed E-state index contributed by atoms with van der Waals surface area (Å²) >= 11 is 0. The zero-order valence-electron chi connectivity index (χ0n) is 22.4. The maximum Gasteiger partial charge on any atom is 0.251 e. The first-order valence-electron chi connectivity index (χ1n) is 12.3. The summed E-state index contributed by atoms with van der Waals surface area (Å²) in [6.07, 6.45) is 1.65. The van der Waals surface area contributed by atoms with E-state index < -0.39 is 0 Å². The number of pyridine rings is 1. The summed E-state index contributed by atoms with van der Waals surface area (Å²) in [6, 6.07) is 17.7. The van der Waals surface area contributed by atoms with Crippen LogP contribution in [0.3, 0.4) is 0 Å². The third kappa shape index (κ3) is 5.06. The standard InChI is InChI=1S/C30H28N4O6/c1-37-25-12-17(13-26(38-2)27(25)39-3)16-32-29(36)19-7-9-22-23(15-19)34-28(33-22)21-14-18(8-10-24(21)35)20-6-5-11-31-30(20)40-4/h5-15,35H,16H2,1-4H3,(H,32,36)(H,33,34). The Hall–Kier alpha value is -5.25. The number of carbonyl (C=O) groups is 1. The van der Waals surface area contributed by atoms with Crippen molar-refractivity contribution in [2.45, 2.75) is 6.54 Å². The fourth-order valence-corrected chi connectivity index (χ4v) is 4.47. The number of nitrogens with zero attached hydrogens (tertiary/aromatic N) is 2. The fraction of sp³-hybridized carbons (Fsp3) is 0.167. The number of ether oxygens (including phenoxy) is 4. The molecule has 0 aliphatic carbocycles. The molecule has 0 aliphatic rings. The Labute approximate surface area is 230 Å². The number of aromatic nitrogens is 3. The number of aromatic hydroxyl groups is 1. The number of nitrogens with one attached hydrogen (secondary N) is 2. The zero-order valence-corrected chi connectivity index (χ0v) is 22.4. The largest absolute Gasteiger partial charge is 0.507 e. The second-order valence-corrected chi connectivity index (χ2v) is 8.83. The van der Waals surface area contributed by atoms with Crippen LogP contribution in [0.1, 0.15) is 15.9 Å². The Bertz CT molecular complexity index is 1670. The third-order valence-corrected chi connectivity index (χ3v) is 6.45. The van der Waals surface area contributed by atoms with Gasteiger partial charge in [0.2, 0.25) is 11.6 Å². The molecule has 0 unspecified atom stereocenters. The van der Waals surface area contributed by atoms with Gasteiger partial charge in [-0.05, 0) is 65.7 Å². The quantitative estimate of drug-likeness (QED) is 0.239. The molecule has 0 radical (unpaired) electrons. The number of rotatable bonds is 9.